The number of rotatable bonds is 4. The summed E-state index contributed by atoms with van der Waals surface area (Å²) in [6, 6.07) is 6.44. The maximum Gasteiger partial charge on any atom is 0.307 e. The maximum absolute atomic E-state index is 11.0. The molecule has 2 unspecified atom stereocenters. The van der Waals surface area contributed by atoms with Crippen molar-refractivity contribution >= 4 is 29.5 Å². The number of thioether (sulfide) groups is 2. The fraction of sp³-hybridized carbons (Fsp3) is 0.462. The van der Waals surface area contributed by atoms with Gasteiger partial charge in [0.15, 0.2) is 0 Å². The van der Waals surface area contributed by atoms with Crippen LogP contribution in [0.4, 0.5) is 0 Å². The number of benzene rings is 1. The van der Waals surface area contributed by atoms with Gasteiger partial charge >= 0.3 is 5.97 Å². The Bertz CT molecular complexity index is 451. The Hall–Kier alpha value is -0.650. The topological polar surface area (TPSA) is 49.3 Å². The summed E-state index contributed by atoms with van der Waals surface area (Å²) >= 11 is 3.47. The van der Waals surface area contributed by atoms with Gasteiger partial charge in [0.1, 0.15) is 0 Å². The van der Waals surface area contributed by atoms with E-state index in [0.717, 1.165) is 0 Å². The second kappa shape index (κ2) is 5.99. The fourth-order valence-corrected chi connectivity index (χ4v) is 4.08. The average molecular weight is 283 g/mol. The predicted molar refractivity (Wildman–Crippen MR) is 76.5 cm³/mol. The van der Waals surface area contributed by atoms with Gasteiger partial charge in [0.2, 0.25) is 0 Å². The van der Waals surface area contributed by atoms with Crippen molar-refractivity contribution < 1.29 is 9.90 Å². The Morgan fingerprint density at radius 3 is 2.72 bits per heavy atom. The SMILES string of the molecule is CSc1cccc(C2CC(C(=O)O)CN2)c1SC. The number of aliphatic carboxylic acids is 1. The predicted octanol–water partition coefficient (Wildman–Crippen LogP) is 2.87. The van der Waals surface area contributed by atoms with E-state index in [1.807, 2.05) is 0 Å². The molecule has 0 aliphatic carbocycles. The van der Waals surface area contributed by atoms with Crippen molar-refractivity contribution in [3.05, 3.63) is 23.8 Å². The van der Waals surface area contributed by atoms with Gasteiger partial charge in [-0.25, -0.2) is 0 Å². The highest BCUT2D eigenvalue weighted by Crippen LogP contribution is 2.38. The molecule has 1 aliphatic rings. The smallest absolute Gasteiger partial charge is 0.307 e. The first-order valence-electron chi connectivity index (χ1n) is 5.84. The molecule has 0 saturated carbocycles. The molecule has 3 nitrogen and oxygen atoms in total. The average Bonchev–Trinajstić information content (AvgIpc) is 2.87. The number of carbonyl (C=O) groups is 1. The summed E-state index contributed by atoms with van der Waals surface area (Å²) < 4.78 is 0. The zero-order valence-corrected chi connectivity index (χ0v) is 12.1. The third-order valence-corrected chi connectivity index (χ3v) is 5.06. The molecule has 1 saturated heterocycles. The molecule has 98 valence electrons. The normalized spacial score (nSPS) is 23.2. The van der Waals surface area contributed by atoms with Crippen LogP contribution in [0.1, 0.15) is 18.0 Å². The maximum atomic E-state index is 11.0. The molecular formula is C13H17NO2S2. The lowest BCUT2D eigenvalue weighted by atomic mass is 10.0. The molecule has 1 aromatic rings. The minimum Gasteiger partial charge on any atom is -0.481 e. The van der Waals surface area contributed by atoms with E-state index in [1.165, 1.54) is 15.4 Å². The molecule has 2 rings (SSSR count). The molecule has 0 radical (unpaired) electrons. The Morgan fingerprint density at radius 1 is 1.39 bits per heavy atom. The third-order valence-electron chi connectivity index (χ3n) is 3.29. The van der Waals surface area contributed by atoms with Crippen LogP contribution in [0.2, 0.25) is 0 Å². The summed E-state index contributed by atoms with van der Waals surface area (Å²) in [6.45, 7) is 0.567. The van der Waals surface area contributed by atoms with E-state index in [1.54, 1.807) is 23.5 Å². The standard InChI is InChI=1S/C13H17NO2S2/c1-17-11-5-3-4-9(12(11)18-2)10-6-8(7-14-10)13(15)16/h3-5,8,10,14H,6-7H2,1-2H3,(H,15,16). The van der Waals surface area contributed by atoms with Crippen LogP contribution in [0, 0.1) is 5.92 Å². The first-order valence-corrected chi connectivity index (χ1v) is 8.29. The second-order valence-electron chi connectivity index (χ2n) is 4.31. The van der Waals surface area contributed by atoms with E-state index in [0.29, 0.717) is 13.0 Å². The number of carboxylic acid groups (broad SMARTS) is 1. The van der Waals surface area contributed by atoms with Crippen LogP contribution in [0.15, 0.2) is 28.0 Å². The highest BCUT2D eigenvalue weighted by Gasteiger charge is 2.31. The van der Waals surface area contributed by atoms with E-state index in [-0.39, 0.29) is 12.0 Å². The van der Waals surface area contributed by atoms with Crippen molar-refractivity contribution in [3.8, 4) is 0 Å². The number of hydrogen-bond donors (Lipinski definition) is 2. The van der Waals surface area contributed by atoms with Crippen LogP contribution in [0.25, 0.3) is 0 Å². The van der Waals surface area contributed by atoms with Crippen LogP contribution in [-0.2, 0) is 4.79 Å². The number of nitrogens with one attached hydrogen (secondary N) is 1. The lowest BCUT2D eigenvalue weighted by Gasteiger charge is -2.17. The van der Waals surface area contributed by atoms with Crippen molar-refractivity contribution in [2.45, 2.75) is 22.3 Å². The number of hydrogen-bond acceptors (Lipinski definition) is 4. The van der Waals surface area contributed by atoms with Gasteiger partial charge in [0, 0.05) is 22.4 Å². The van der Waals surface area contributed by atoms with Gasteiger partial charge in [-0.05, 0) is 30.6 Å². The third kappa shape index (κ3) is 2.68. The van der Waals surface area contributed by atoms with Crippen molar-refractivity contribution in [2.24, 2.45) is 5.92 Å². The van der Waals surface area contributed by atoms with E-state index < -0.39 is 5.97 Å². The van der Waals surface area contributed by atoms with E-state index in [9.17, 15) is 4.79 Å². The quantitative estimate of drug-likeness (QED) is 0.832. The molecule has 5 heteroatoms. The van der Waals surface area contributed by atoms with Gasteiger partial charge in [0.05, 0.1) is 5.92 Å². The highest BCUT2D eigenvalue weighted by atomic mass is 32.2. The van der Waals surface area contributed by atoms with Crippen molar-refractivity contribution in [1.29, 1.82) is 0 Å². The Labute approximate surface area is 116 Å². The van der Waals surface area contributed by atoms with Gasteiger partial charge in [-0.2, -0.15) is 0 Å². The molecule has 1 aromatic carbocycles. The lowest BCUT2D eigenvalue weighted by Crippen LogP contribution is -2.17. The zero-order chi connectivity index (χ0) is 13.1. The molecule has 0 amide bonds. The Balaban J connectivity index is 2.26. The van der Waals surface area contributed by atoms with Gasteiger partial charge < -0.3 is 10.4 Å². The molecule has 0 bridgehead atoms. The van der Waals surface area contributed by atoms with Crippen molar-refractivity contribution in [2.75, 3.05) is 19.1 Å². The van der Waals surface area contributed by atoms with Crippen LogP contribution in [0.3, 0.4) is 0 Å². The van der Waals surface area contributed by atoms with Gasteiger partial charge in [-0.3, -0.25) is 4.79 Å². The van der Waals surface area contributed by atoms with Crippen molar-refractivity contribution in [1.82, 2.24) is 5.32 Å². The lowest BCUT2D eigenvalue weighted by molar-refractivity contribution is -0.141. The minimum atomic E-state index is -0.697. The summed E-state index contributed by atoms with van der Waals surface area (Å²) in [7, 11) is 0. The number of carboxylic acids is 1. The van der Waals surface area contributed by atoms with Crippen LogP contribution in [0.5, 0.6) is 0 Å². The van der Waals surface area contributed by atoms with E-state index in [4.69, 9.17) is 5.11 Å². The summed E-state index contributed by atoms with van der Waals surface area (Å²) in [5.74, 6) is -0.959. The van der Waals surface area contributed by atoms with Crippen LogP contribution >= 0.6 is 23.5 Å². The largest absolute Gasteiger partial charge is 0.481 e. The minimum absolute atomic E-state index is 0.167. The molecule has 1 heterocycles. The van der Waals surface area contributed by atoms with Crippen LogP contribution in [-0.4, -0.2) is 30.1 Å². The molecule has 2 atom stereocenters. The van der Waals surface area contributed by atoms with Crippen molar-refractivity contribution in [3.63, 3.8) is 0 Å². The van der Waals surface area contributed by atoms with Gasteiger partial charge in [-0.1, -0.05) is 12.1 Å². The van der Waals surface area contributed by atoms with Gasteiger partial charge in [0.25, 0.3) is 0 Å². The van der Waals surface area contributed by atoms with E-state index >= 15 is 0 Å². The van der Waals surface area contributed by atoms with Gasteiger partial charge in [-0.15, -0.1) is 23.5 Å². The highest BCUT2D eigenvalue weighted by molar-refractivity contribution is 8.01. The Morgan fingerprint density at radius 2 is 2.17 bits per heavy atom. The first-order chi connectivity index (χ1) is 8.67. The summed E-state index contributed by atoms with van der Waals surface area (Å²) in [5.41, 5.74) is 1.23. The molecule has 1 aliphatic heterocycles. The molecule has 0 spiro atoms. The van der Waals surface area contributed by atoms with E-state index in [2.05, 4.69) is 36.0 Å². The fourth-order valence-electron chi connectivity index (χ4n) is 2.35. The monoisotopic (exact) mass is 283 g/mol. The first kappa shape index (κ1) is 13.8. The molecule has 0 aromatic heterocycles. The zero-order valence-electron chi connectivity index (χ0n) is 10.5. The molecule has 2 N–H and O–H groups in total. The second-order valence-corrected chi connectivity index (χ2v) is 5.98. The summed E-state index contributed by atoms with van der Waals surface area (Å²) in [4.78, 5) is 13.5. The summed E-state index contributed by atoms with van der Waals surface area (Å²) in [5, 5.41) is 12.4. The molecule has 18 heavy (non-hydrogen) atoms. The molecular weight excluding hydrogens is 266 g/mol. The molecule has 1 fully saturated rings. The summed E-state index contributed by atoms with van der Waals surface area (Å²) in [6.07, 6.45) is 4.82. The van der Waals surface area contributed by atoms with Crippen LogP contribution < -0.4 is 5.32 Å². The Kier molecular flexibility index (Phi) is 4.59.